The molecule has 142 valence electrons. The fraction of sp³-hybridized carbons (Fsp3) is 0.333. The maximum atomic E-state index is 12.8. The molecule has 0 aliphatic carbocycles. The number of hydrogen-bond acceptors (Lipinski definition) is 5. The Labute approximate surface area is 158 Å². The molecular formula is C21H23NO5. The lowest BCUT2D eigenvalue weighted by atomic mass is 9.95. The minimum absolute atomic E-state index is 0.0543. The highest BCUT2D eigenvalue weighted by Gasteiger charge is 2.28. The van der Waals surface area contributed by atoms with Crippen molar-refractivity contribution in [2.24, 2.45) is 5.92 Å². The van der Waals surface area contributed by atoms with E-state index in [-0.39, 0.29) is 24.2 Å². The van der Waals surface area contributed by atoms with Gasteiger partial charge in [0.15, 0.2) is 0 Å². The van der Waals surface area contributed by atoms with Gasteiger partial charge in [0.2, 0.25) is 5.91 Å². The number of rotatable bonds is 6. The third kappa shape index (κ3) is 4.58. The van der Waals surface area contributed by atoms with Crippen LogP contribution in [0.2, 0.25) is 0 Å². The predicted octanol–water partition coefficient (Wildman–Crippen LogP) is 2.67. The summed E-state index contributed by atoms with van der Waals surface area (Å²) in [6.07, 6.45) is 0.661. The number of esters is 1. The first-order chi connectivity index (χ1) is 13.1. The number of benzene rings is 2. The Balaban J connectivity index is 1.73. The van der Waals surface area contributed by atoms with Gasteiger partial charge in [-0.1, -0.05) is 30.3 Å². The van der Waals surface area contributed by atoms with Gasteiger partial charge in [-0.15, -0.1) is 0 Å². The Bertz CT molecular complexity index is 802. The maximum Gasteiger partial charge on any atom is 0.307 e. The van der Waals surface area contributed by atoms with Gasteiger partial charge in [-0.25, -0.2) is 0 Å². The summed E-state index contributed by atoms with van der Waals surface area (Å²) < 4.78 is 15.7. The first-order valence-electron chi connectivity index (χ1n) is 8.82. The van der Waals surface area contributed by atoms with Crippen LogP contribution in [0.1, 0.15) is 23.6 Å². The fourth-order valence-corrected chi connectivity index (χ4v) is 3.12. The average Bonchev–Trinajstić information content (AvgIpc) is 2.72. The van der Waals surface area contributed by atoms with Crippen LogP contribution in [0.4, 0.5) is 0 Å². The molecule has 2 atom stereocenters. The van der Waals surface area contributed by atoms with Crippen LogP contribution in [0.3, 0.4) is 0 Å². The predicted molar refractivity (Wildman–Crippen MR) is 99.6 cm³/mol. The number of para-hydroxylation sites is 1. The molecule has 1 amide bonds. The molecule has 0 unspecified atom stereocenters. The molecule has 1 aliphatic heterocycles. The first kappa shape index (κ1) is 18.8. The normalized spacial score (nSPS) is 16.4. The van der Waals surface area contributed by atoms with Gasteiger partial charge < -0.3 is 19.5 Å². The summed E-state index contributed by atoms with van der Waals surface area (Å²) in [5.41, 5.74) is 1.82. The number of methoxy groups -OCH3 is 2. The van der Waals surface area contributed by atoms with E-state index < -0.39 is 6.04 Å². The molecule has 6 heteroatoms. The molecule has 0 spiro atoms. The van der Waals surface area contributed by atoms with Crippen molar-refractivity contribution in [2.45, 2.75) is 18.9 Å². The molecule has 0 aromatic heterocycles. The molecule has 0 fully saturated rings. The Morgan fingerprint density at radius 2 is 1.89 bits per heavy atom. The second-order valence-electron chi connectivity index (χ2n) is 6.43. The van der Waals surface area contributed by atoms with Crippen LogP contribution in [0, 0.1) is 5.92 Å². The van der Waals surface area contributed by atoms with Crippen molar-refractivity contribution in [3.63, 3.8) is 0 Å². The summed E-state index contributed by atoms with van der Waals surface area (Å²) in [6, 6.07) is 14.5. The average molecular weight is 369 g/mol. The van der Waals surface area contributed by atoms with Crippen molar-refractivity contribution >= 4 is 11.9 Å². The molecule has 1 N–H and O–H groups in total. The molecule has 2 aromatic carbocycles. The molecule has 1 aliphatic rings. The molecule has 3 rings (SSSR count). The van der Waals surface area contributed by atoms with Crippen molar-refractivity contribution in [3.05, 3.63) is 59.7 Å². The SMILES string of the molecule is COC(=O)C[C@@H](NC(=O)[C@@H]1COc2ccccc2C1)c1ccc(OC)cc1. The minimum atomic E-state index is -0.479. The molecular weight excluding hydrogens is 346 g/mol. The first-order valence-corrected chi connectivity index (χ1v) is 8.82. The number of amides is 1. The number of carbonyl (C=O) groups is 2. The highest BCUT2D eigenvalue weighted by molar-refractivity contribution is 5.81. The Morgan fingerprint density at radius 1 is 1.15 bits per heavy atom. The lowest BCUT2D eigenvalue weighted by molar-refractivity contribution is -0.141. The van der Waals surface area contributed by atoms with Gasteiger partial charge in [0.25, 0.3) is 0 Å². The standard InChI is InChI=1S/C21H23NO5/c1-25-17-9-7-14(8-10-17)18(12-20(23)26-2)22-21(24)16-11-15-5-3-4-6-19(15)27-13-16/h3-10,16,18H,11-13H2,1-2H3,(H,22,24)/t16-,18+/m0/s1. The topological polar surface area (TPSA) is 73.9 Å². The number of hydrogen-bond donors (Lipinski definition) is 1. The van der Waals surface area contributed by atoms with E-state index in [1.54, 1.807) is 19.2 Å². The Hall–Kier alpha value is -3.02. The van der Waals surface area contributed by atoms with E-state index in [1.807, 2.05) is 36.4 Å². The third-order valence-electron chi connectivity index (χ3n) is 4.68. The van der Waals surface area contributed by atoms with E-state index in [4.69, 9.17) is 14.2 Å². The van der Waals surface area contributed by atoms with Crippen molar-refractivity contribution in [3.8, 4) is 11.5 Å². The largest absolute Gasteiger partial charge is 0.497 e. The summed E-state index contributed by atoms with van der Waals surface area (Å²) in [5.74, 6) is 0.691. The van der Waals surface area contributed by atoms with Gasteiger partial charge in [-0.3, -0.25) is 9.59 Å². The molecule has 0 radical (unpaired) electrons. The summed E-state index contributed by atoms with van der Waals surface area (Å²) in [6.45, 7) is 0.316. The molecule has 0 bridgehead atoms. The van der Waals surface area contributed by atoms with E-state index in [1.165, 1.54) is 7.11 Å². The van der Waals surface area contributed by atoms with Gasteiger partial charge in [0, 0.05) is 0 Å². The number of fused-ring (bicyclic) bond motifs is 1. The quantitative estimate of drug-likeness (QED) is 0.793. The highest BCUT2D eigenvalue weighted by Crippen LogP contribution is 2.28. The highest BCUT2D eigenvalue weighted by atomic mass is 16.5. The number of nitrogens with one attached hydrogen (secondary N) is 1. The summed E-state index contributed by atoms with van der Waals surface area (Å²) in [7, 11) is 2.92. The zero-order chi connectivity index (χ0) is 19.2. The van der Waals surface area contributed by atoms with Crippen LogP contribution >= 0.6 is 0 Å². The zero-order valence-electron chi connectivity index (χ0n) is 15.4. The van der Waals surface area contributed by atoms with E-state index in [0.29, 0.717) is 18.8 Å². The monoisotopic (exact) mass is 369 g/mol. The van der Waals surface area contributed by atoms with Gasteiger partial charge in [0.05, 0.1) is 32.6 Å². The van der Waals surface area contributed by atoms with Crippen molar-refractivity contribution < 1.29 is 23.8 Å². The molecule has 27 heavy (non-hydrogen) atoms. The van der Waals surface area contributed by atoms with Crippen molar-refractivity contribution in [1.29, 1.82) is 0 Å². The minimum Gasteiger partial charge on any atom is -0.497 e. The van der Waals surface area contributed by atoms with Crippen molar-refractivity contribution in [1.82, 2.24) is 5.32 Å². The molecule has 0 saturated carbocycles. The fourth-order valence-electron chi connectivity index (χ4n) is 3.12. The van der Waals surface area contributed by atoms with Crippen LogP contribution in [0.15, 0.2) is 48.5 Å². The van der Waals surface area contributed by atoms with Gasteiger partial charge >= 0.3 is 5.97 Å². The third-order valence-corrected chi connectivity index (χ3v) is 4.68. The molecule has 0 saturated heterocycles. The second kappa shape index (κ2) is 8.58. The van der Waals surface area contributed by atoms with Crippen LogP contribution < -0.4 is 14.8 Å². The Morgan fingerprint density at radius 3 is 2.59 bits per heavy atom. The van der Waals surface area contributed by atoms with E-state index in [0.717, 1.165) is 16.9 Å². The van der Waals surface area contributed by atoms with Crippen LogP contribution in [-0.4, -0.2) is 32.7 Å². The number of ether oxygens (including phenoxy) is 3. The Kier molecular flexibility index (Phi) is 5.96. The summed E-state index contributed by atoms with van der Waals surface area (Å²) >= 11 is 0. The van der Waals surface area contributed by atoms with Crippen LogP contribution in [0.25, 0.3) is 0 Å². The van der Waals surface area contributed by atoms with E-state index >= 15 is 0 Å². The van der Waals surface area contributed by atoms with Crippen LogP contribution in [0.5, 0.6) is 11.5 Å². The van der Waals surface area contributed by atoms with Gasteiger partial charge in [-0.2, -0.15) is 0 Å². The molecule has 1 heterocycles. The van der Waals surface area contributed by atoms with E-state index in [2.05, 4.69) is 5.32 Å². The van der Waals surface area contributed by atoms with Crippen LogP contribution in [-0.2, 0) is 20.7 Å². The zero-order valence-corrected chi connectivity index (χ0v) is 15.4. The maximum absolute atomic E-state index is 12.8. The molecule has 6 nitrogen and oxygen atoms in total. The van der Waals surface area contributed by atoms with Gasteiger partial charge in [-0.05, 0) is 35.7 Å². The smallest absolute Gasteiger partial charge is 0.307 e. The van der Waals surface area contributed by atoms with Crippen molar-refractivity contribution in [2.75, 3.05) is 20.8 Å². The molecule has 2 aromatic rings. The summed E-state index contributed by atoms with van der Waals surface area (Å²) in [5, 5.41) is 2.98. The summed E-state index contributed by atoms with van der Waals surface area (Å²) in [4.78, 5) is 24.6. The number of carbonyl (C=O) groups excluding carboxylic acids is 2. The van der Waals surface area contributed by atoms with Gasteiger partial charge in [0.1, 0.15) is 18.1 Å². The second-order valence-corrected chi connectivity index (χ2v) is 6.43. The lowest BCUT2D eigenvalue weighted by Crippen LogP contribution is -2.40. The lowest BCUT2D eigenvalue weighted by Gasteiger charge is -2.27. The van der Waals surface area contributed by atoms with E-state index in [9.17, 15) is 9.59 Å².